The third-order valence-electron chi connectivity index (χ3n) is 6.01. The summed E-state index contributed by atoms with van der Waals surface area (Å²) in [4.78, 5) is 22.5. The highest BCUT2D eigenvalue weighted by molar-refractivity contribution is 6.05. The third kappa shape index (κ3) is 4.56. The lowest BCUT2D eigenvalue weighted by Gasteiger charge is -2.32. The minimum absolute atomic E-state index is 0.210. The van der Waals surface area contributed by atoms with Crippen LogP contribution in [-0.4, -0.2) is 72.7 Å². The summed E-state index contributed by atoms with van der Waals surface area (Å²) >= 11 is 0. The number of hydrogen-bond acceptors (Lipinski definition) is 6. The normalized spacial score (nSPS) is 15.1. The summed E-state index contributed by atoms with van der Waals surface area (Å²) in [6.45, 7) is 8.10. The van der Waals surface area contributed by atoms with E-state index in [-0.39, 0.29) is 5.91 Å². The number of ether oxygens (including phenoxy) is 2. The molecule has 0 radical (unpaired) electrons. The van der Waals surface area contributed by atoms with E-state index < -0.39 is 0 Å². The van der Waals surface area contributed by atoms with Crippen LogP contribution in [0.3, 0.4) is 0 Å². The van der Waals surface area contributed by atoms with Crippen molar-refractivity contribution in [3.05, 3.63) is 47.8 Å². The lowest BCUT2D eigenvalue weighted by atomic mass is 10.1. The van der Waals surface area contributed by atoms with Gasteiger partial charge in [-0.25, -0.2) is 4.98 Å². The van der Waals surface area contributed by atoms with E-state index in [9.17, 15) is 4.79 Å². The predicted octanol–water partition coefficient (Wildman–Crippen LogP) is 3.07. The molecule has 170 valence electrons. The molecule has 0 saturated carbocycles. The third-order valence-corrected chi connectivity index (χ3v) is 6.01. The van der Waals surface area contributed by atoms with Gasteiger partial charge in [-0.05, 0) is 50.4 Å². The summed E-state index contributed by atoms with van der Waals surface area (Å²) < 4.78 is 12.8. The van der Waals surface area contributed by atoms with Crippen molar-refractivity contribution in [1.82, 2.24) is 19.4 Å². The topological polar surface area (TPSA) is 71.9 Å². The Morgan fingerprint density at radius 1 is 1.03 bits per heavy atom. The van der Waals surface area contributed by atoms with Crippen LogP contribution in [0.5, 0.6) is 11.5 Å². The highest BCUT2D eigenvalue weighted by Crippen LogP contribution is 2.28. The Labute approximate surface area is 188 Å². The fourth-order valence-electron chi connectivity index (χ4n) is 4.12. The largest absolute Gasteiger partial charge is 0.493 e. The number of methoxy groups -OCH3 is 2. The molecule has 1 aromatic heterocycles. The van der Waals surface area contributed by atoms with Crippen LogP contribution < -0.4 is 14.8 Å². The van der Waals surface area contributed by atoms with Crippen molar-refractivity contribution in [3.8, 4) is 11.5 Å². The van der Waals surface area contributed by atoms with E-state index in [1.165, 1.54) is 0 Å². The maximum absolute atomic E-state index is 12.8. The smallest absolute Gasteiger partial charge is 0.255 e. The van der Waals surface area contributed by atoms with Crippen molar-refractivity contribution in [2.75, 3.05) is 52.8 Å². The van der Waals surface area contributed by atoms with Crippen LogP contribution in [0.4, 0.5) is 5.69 Å². The molecule has 1 N–H and O–H groups in total. The number of aromatic nitrogens is 2. The first-order valence-corrected chi connectivity index (χ1v) is 11.0. The first-order chi connectivity index (χ1) is 15.5. The summed E-state index contributed by atoms with van der Waals surface area (Å²) in [6, 6.07) is 11.0. The zero-order valence-corrected chi connectivity index (χ0v) is 19.2. The second-order valence-electron chi connectivity index (χ2n) is 8.08. The van der Waals surface area contributed by atoms with Crippen LogP contribution >= 0.6 is 0 Å². The fraction of sp³-hybridized carbons (Fsp3) is 0.417. The van der Waals surface area contributed by atoms with Gasteiger partial charge in [0.2, 0.25) is 0 Å². The van der Waals surface area contributed by atoms with Gasteiger partial charge in [0.05, 0.1) is 31.8 Å². The Kier molecular flexibility index (Phi) is 6.62. The number of aryl methyl sites for hydroxylation is 1. The van der Waals surface area contributed by atoms with Gasteiger partial charge in [0.15, 0.2) is 11.5 Å². The highest BCUT2D eigenvalue weighted by atomic mass is 16.5. The van der Waals surface area contributed by atoms with Crippen molar-refractivity contribution in [3.63, 3.8) is 0 Å². The first-order valence-electron chi connectivity index (χ1n) is 11.0. The van der Waals surface area contributed by atoms with E-state index in [4.69, 9.17) is 14.5 Å². The van der Waals surface area contributed by atoms with Crippen LogP contribution in [0.2, 0.25) is 0 Å². The molecule has 4 rings (SSSR count). The molecular weight excluding hydrogens is 406 g/mol. The minimum atomic E-state index is -0.210. The summed E-state index contributed by atoms with van der Waals surface area (Å²) in [5, 5.41) is 2.97. The van der Waals surface area contributed by atoms with E-state index in [0.29, 0.717) is 22.7 Å². The molecule has 1 saturated heterocycles. The summed E-state index contributed by atoms with van der Waals surface area (Å²) in [6.07, 6.45) is 0. The molecule has 32 heavy (non-hydrogen) atoms. The Morgan fingerprint density at radius 3 is 2.47 bits per heavy atom. The van der Waals surface area contributed by atoms with Crippen molar-refractivity contribution in [2.24, 2.45) is 0 Å². The van der Waals surface area contributed by atoms with E-state index in [2.05, 4.69) is 33.7 Å². The van der Waals surface area contributed by atoms with Gasteiger partial charge >= 0.3 is 0 Å². The number of nitrogens with zero attached hydrogens (tertiary/aromatic N) is 4. The number of carbonyl (C=O) groups excluding carboxylic acids is 1. The Bertz CT molecular complexity index is 1100. The molecule has 8 nitrogen and oxygen atoms in total. The molecule has 2 heterocycles. The fourth-order valence-corrected chi connectivity index (χ4v) is 4.12. The molecule has 2 aromatic carbocycles. The number of rotatable bonds is 7. The Hall–Kier alpha value is -3.10. The van der Waals surface area contributed by atoms with Gasteiger partial charge < -0.3 is 24.3 Å². The maximum atomic E-state index is 12.8. The molecule has 1 amide bonds. The standard InChI is InChI=1S/C24H31N5O3/c1-5-29-20-8-7-18(25-24(30)17-6-9-21(31-3)22(14-17)32-4)15-19(20)26-23(29)16-28-12-10-27(2)11-13-28/h6-9,14-15H,5,10-13,16H2,1-4H3,(H,25,30). The van der Waals surface area contributed by atoms with Crippen molar-refractivity contribution in [2.45, 2.75) is 20.0 Å². The average Bonchev–Trinajstić information content (AvgIpc) is 3.16. The van der Waals surface area contributed by atoms with Crippen molar-refractivity contribution >= 4 is 22.6 Å². The number of benzene rings is 2. The number of piperazine rings is 1. The van der Waals surface area contributed by atoms with Gasteiger partial charge in [0.1, 0.15) is 5.82 Å². The van der Waals surface area contributed by atoms with Gasteiger partial charge in [-0.3, -0.25) is 9.69 Å². The number of carbonyl (C=O) groups is 1. The number of likely N-dealkylation sites (N-methyl/N-ethyl adjacent to an activating group) is 1. The molecule has 1 aliphatic rings. The van der Waals surface area contributed by atoms with Crippen molar-refractivity contribution < 1.29 is 14.3 Å². The summed E-state index contributed by atoms with van der Waals surface area (Å²) in [7, 11) is 5.29. The molecule has 0 bridgehead atoms. The van der Waals surface area contributed by atoms with Crippen LogP contribution in [0, 0.1) is 0 Å². The molecule has 8 heteroatoms. The molecule has 1 fully saturated rings. The lowest BCUT2D eigenvalue weighted by Crippen LogP contribution is -2.44. The number of fused-ring (bicyclic) bond motifs is 1. The van der Waals surface area contributed by atoms with Gasteiger partial charge in [-0.15, -0.1) is 0 Å². The van der Waals surface area contributed by atoms with Crippen LogP contribution in [0.25, 0.3) is 11.0 Å². The summed E-state index contributed by atoms with van der Waals surface area (Å²) in [5.41, 5.74) is 3.18. The maximum Gasteiger partial charge on any atom is 0.255 e. The SMILES string of the molecule is CCn1c(CN2CCN(C)CC2)nc2cc(NC(=O)c3ccc(OC)c(OC)c3)ccc21. The van der Waals surface area contributed by atoms with Crippen LogP contribution in [0.1, 0.15) is 23.1 Å². The molecule has 0 spiro atoms. The molecule has 0 unspecified atom stereocenters. The highest BCUT2D eigenvalue weighted by Gasteiger charge is 2.18. The van der Waals surface area contributed by atoms with Crippen LogP contribution in [0.15, 0.2) is 36.4 Å². The van der Waals surface area contributed by atoms with Crippen LogP contribution in [-0.2, 0) is 13.1 Å². The average molecular weight is 438 g/mol. The molecule has 3 aromatic rings. The molecule has 0 aliphatic carbocycles. The van der Waals surface area contributed by atoms with Gasteiger partial charge in [-0.2, -0.15) is 0 Å². The first kappa shape index (κ1) is 22.1. The number of anilines is 1. The van der Waals surface area contributed by atoms with Crippen molar-refractivity contribution in [1.29, 1.82) is 0 Å². The molecule has 0 atom stereocenters. The quantitative estimate of drug-likeness (QED) is 0.613. The zero-order chi connectivity index (χ0) is 22.7. The number of nitrogens with one attached hydrogen (secondary N) is 1. The Balaban J connectivity index is 1.53. The second-order valence-corrected chi connectivity index (χ2v) is 8.08. The van der Waals surface area contributed by atoms with E-state index in [1.54, 1.807) is 32.4 Å². The van der Waals surface area contributed by atoms with Gasteiger partial charge in [0, 0.05) is 44.0 Å². The molecule has 1 aliphatic heterocycles. The minimum Gasteiger partial charge on any atom is -0.493 e. The van der Waals surface area contributed by atoms with Gasteiger partial charge in [0.25, 0.3) is 5.91 Å². The van der Waals surface area contributed by atoms with E-state index in [1.807, 2.05) is 18.2 Å². The predicted molar refractivity (Wildman–Crippen MR) is 126 cm³/mol. The second kappa shape index (κ2) is 9.58. The van der Waals surface area contributed by atoms with Gasteiger partial charge in [-0.1, -0.05) is 0 Å². The van der Waals surface area contributed by atoms with E-state index in [0.717, 1.165) is 56.1 Å². The Morgan fingerprint density at radius 2 is 1.78 bits per heavy atom. The number of imidazole rings is 1. The number of amides is 1. The lowest BCUT2D eigenvalue weighted by molar-refractivity contribution is 0.102. The number of hydrogen-bond donors (Lipinski definition) is 1. The monoisotopic (exact) mass is 437 g/mol. The zero-order valence-electron chi connectivity index (χ0n) is 19.2. The summed E-state index contributed by atoms with van der Waals surface area (Å²) in [5.74, 6) is 1.96. The molecular formula is C24H31N5O3. The van der Waals surface area contributed by atoms with E-state index >= 15 is 0 Å².